The van der Waals surface area contributed by atoms with E-state index in [0.29, 0.717) is 23.3 Å². The Morgan fingerprint density at radius 2 is 1.77 bits per heavy atom. The Balaban J connectivity index is 1.87. The first-order valence-electron chi connectivity index (χ1n) is 8.33. The smallest absolute Gasteiger partial charge is 0.338 e. The lowest BCUT2D eigenvalue weighted by Gasteiger charge is -2.21. The van der Waals surface area contributed by atoms with Gasteiger partial charge in [0.15, 0.2) is 0 Å². The summed E-state index contributed by atoms with van der Waals surface area (Å²) in [6, 6.07) is 9.51. The summed E-state index contributed by atoms with van der Waals surface area (Å²) in [5.74, 6) is -0.337. The van der Waals surface area contributed by atoms with Crippen LogP contribution in [0.1, 0.15) is 25.0 Å². The van der Waals surface area contributed by atoms with Crippen molar-refractivity contribution in [2.45, 2.75) is 26.4 Å². The van der Waals surface area contributed by atoms with Gasteiger partial charge in [-0.2, -0.15) is 0 Å². The Bertz CT molecular complexity index is 966. The molecule has 26 heavy (non-hydrogen) atoms. The fraction of sp³-hybridized carbons (Fsp3) is 0.182. The van der Waals surface area contributed by atoms with Crippen molar-refractivity contribution in [3.05, 3.63) is 71.8 Å². The van der Waals surface area contributed by atoms with Gasteiger partial charge in [0.25, 0.3) is 0 Å². The number of fused-ring (bicyclic) bond motifs is 3. The van der Waals surface area contributed by atoms with Crippen LogP contribution in [-0.4, -0.2) is 18.0 Å². The molecule has 2 aromatic carbocycles. The normalized spacial score (nSPS) is 15.2. The molecule has 0 heterocycles. The SMILES string of the molecule is C=C(C)C(=O)Oc1ccc2c3c(ccc2c1)CC(OC(=O)C(=C)C)C=C3. The van der Waals surface area contributed by atoms with Crippen LogP contribution in [0.2, 0.25) is 0 Å². The molecule has 0 spiro atoms. The standard InChI is InChI=1S/C22H20O4/c1-13(2)21(23)25-17-7-9-19-15(11-17)5-6-16-12-18(8-10-20(16)19)26-22(24)14(3)4/h5-11,18H,1,3,12H2,2,4H3. The lowest BCUT2D eigenvalue weighted by atomic mass is 9.91. The minimum absolute atomic E-state index is 0.292. The Kier molecular flexibility index (Phi) is 4.76. The molecule has 0 amide bonds. The van der Waals surface area contributed by atoms with Crippen LogP contribution in [0.25, 0.3) is 16.8 Å². The number of benzene rings is 2. The number of esters is 2. The maximum atomic E-state index is 11.7. The van der Waals surface area contributed by atoms with Gasteiger partial charge in [0, 0.05) is 17.6 Å². The third kappa shape index (κ3) is 3.59. The summed E-state index contributed by atoms with van der Waals surface area (Å²) < 4.78 is 10.7. The molecule has 0 saturated carbocycles. The van der Waals surface area contributed by atoms with Crippen molar-refractivity contribution in [3.63, 3.8) is 0 Å². The predicted octanol–water partition coefficient (Wildman–Crippen LogP) is 4.38. The molecule has 0 saturated heterocycles. The second kappa shape index (κ2) is 7.00. The van der Waals surface area contributed by atoms with E-state index in [1.807, 2.05) is 36.4 Å². The summed E-state index contributed by atoms with van der Waals surface area (Å²) in [6.45, 7) is 10.4. The van der Waals surface area contributed by atoms with Crippen molar-refractivity contribution in [2.24, 2.45) is 0 Å². The lowest BCUT2D eigenvalue weighted by molar-refractivity contribution is -0.142. The summed E-state index contributed by atoms with van der Waals surface area (Å²) in [5.41, 5.74) is 2.93. The van der Waals surface area contributed by atoms with Gasteiger partial charge in [0.05, 0.1) is 0 Å². The molecule has 4 nitrogen and oxygen atoms in total. The molecule has 3 rings (SSSR count). The average Bonchev–Trinajstić information content (AvgIpc) is 2.61. The molecule has 0 aromatic heterocycles. The average molecular weight is 348 g/mol. The van der Waals surface area contributed by atoms with Gasteiger partial charge >= 0.3 is 11.9 Å². The first-order valence-corrected chi connectivity index (χ1v) is 8.33. The summed E-state index contributed by atoms with van der Waals surface area (Å²) in [5, 5.41) is 2.02. The van der Waals surface area contributed by atoms with E-state index >= 15 is 0 Å². The number of hydrogen-bond acceptors (Lipinski definition) is 4. The highest BCUT2D eigenvalue weighted by Crippen LogP contribution is 2.31. The van der Waals surface area contributed by atoms with E-state index in [-0.39, 0.29) is 12.1 Å². The van der Waals surface area contributed by atoms with Crippen LogP contribution in [0.5, 0.6) is 5.75 Å². The molecule has 1 aliphatic carbocycles. The van der Waals surface area contributed by atoms with Gasteiger partial charge in [-0.3, -0.25) is 0 Å². The molecule has 1 atom stereocenters. The van der Waals surface area contributed by atoms with Crippen molar-refractivity contribution >= 4 is 28.8 Å². The quantitative estimate of drug-likeness (QED) is 0.467. The Hall–Kier alpha value is -3.14. The number of ether oxygens (including phenoxy) is 2. The van der Waals surface area contributed by atoms with Crippen molar-refractivity contribution in [2.75, 3.05) is 0 Å². The zero-order valence-electron chi connectivity index (χ0n) is 14.9. The number of hydrogen-bond donors (Lipinski definition) is 0. The minimum atomic E-state index is -0.440. The molecule has 0 radical (unpaired) electrons. The Morgan fingerprint density at radius 1 is 1.04 bits per heavy atom. The van der Waals surface area contributed by atoms with Crippen molar-refractivity contribution in [3.8, 4) is 5.75 Å². The fourth-order valence-corrected chi connectivity index (χ4v) is 2.82. The highest BCUT2D eigenvalue weighted by atomic mass is 16.5. The molecular formula is C22H20O4. The van der Waals surface area contributed by atoms with Crippen LogP contribution < -0.4 is 4.74 Å². The van der Waals surface area contributed by atoms with Crippen molar-refractivity contribution in [1.29, 1.82) is 0 Å². The fourth-order valence-electron chi connectivity index (χ4n) is 2.82. The highest BCUT2D eigenvalue weighted by Gasteiger charge is 2.19. The second-order valence-electron chi connectivity index (χ2n) is 6.48. The van der Waals surface area contributed by atoms with E-state index in [2.05, 4.69) is 13.2 Å². The number of carbonyl (C=O) groups is 2. The number of rotatable bonds is 4. The summed E-state index contributed by atoms with van der Waals surface area (Å²) >= 11 is 0. The second-order valence-corrected chi connectivity index (χ2v) is 6.48. The zero-order valence-corrected chi connectivity index (χ0v) is 14.9. The highest BCUT2D eigenvalue weighted by molar-refractivity contribution is 5.95. The van der Waals surface area contributed by atoms with E-state index in [0.717, 1.165) is 21.9 Å². The van der Waals surface area contributed by atoms with Crippen LogP contribution in [-0.2, 0) is 20.7 Å². The predicted molar refractivity (Wildman–Crippen MR) is 102 cm³/mol. The van der Waals surface area contributed by atoms with Crippen molar-refractivity contribution in [1.82, 2.24) is 0 Å². The van der Waals surface area contributed by atoms with Crippen LogP contribution >= 0.6 is 0 Å². The van der Waals surface area contributed by atoms with Gasteiger partial charge in [-0.25, -0.2) is 9.59 Å². The Morgan fingerprint density at radius 3 is 2.46 bits per heavy atom. The third-order valence-corrected chi connectivity index (χ3v) is 4.19. The molecule has 132 valence electrons. The lowest BCUT2D eigenvalue weighted by Crippen LogP contribution is -2.21. The molecular weight excluding hydrogens is 328 g/mol. The van der Waals surface area contributed by atoms with Gasteiger partial charge < -0.3 is 9.47 Å². The molecule has 1 unspecified atom stereocenters. The molecule has 4 heteroatoms. The van der Waals surface area contributed by atoms with E-state index in [4.69, 9.17) is 9.47 Å². The van der Waals surface area contributed by atoms with E-state index in [9.17, 15) is 9.59 Å². The molecule has 0 aliphatic heterocycles. The topological polar surface area (TPSA) is 52.6 Å². The van der Waals surface area contributed by atoms with E-state index in [1.165, 1.54) is 0 Å². The first-order chi connectivity index (χ1) is 12.3. The van der Waals surface area contributed by atoms with Crippen molar-refractivity contribution < 1.29 is 19.1 Å². The monoisotopic (exact) mass is 348 g/mol. The molecule has 1 aliphatic rings. The number of carbonyl (C=O) groups excluding carboxylic acids is 2. The first kappa shape index (κ1) is 17.7. The molecule has 0 N–H and O–H groups in total. The summed E-state index contributed by atoms with van der Waals surface area (Å²) in [4.78, 5) is 23.4. The van der Waals surface area contributed by atoms with Gasteiger partial charge in [0.1, 0.15) is 11.9 Å². The van der Waals surface area contributed by atoms with Crippen LogP contribution in [0.3, 0.4) is 0 Å². The van der Waals surface area contributed by atoms with Gasteiger partial charge in [-0.1, -0.05) is 37.4 Å². The maximum absolute atomic E-state index is 11.7. The molecule has 0 fully saturated rings. The third-order valence-electron chi connectivity index (χ3n) is 4.19. The zero-order chi connectivity index (χ0) is 18.8. The van der Waals surface area contributed by atoms with Crippen LogP contribution in [0, 0.1) is 0 Å². The molecule has 0 bridgehead atoms. The molecule has 2 aromatic rings. The van der Waals surface area contributed by atoms with E-state index < -0.39 is 5.97 Å². The van der Waals surface area contributed by atoms with E-state index in [1.54, 1.807) is 19.9 Å². The largest absolute Gasteiger partial charge is 0.454 e. The summed E-state index contributed by atoms with van der Waals surface area (Å²) in [6.07, 6.45) is 4.18. The van der Waals surface area contributed by atoms with Crippen LogP contribution in [0.4, 0.5) is 0 Å². The van der Waals surface area contributed by atoms with Crippen LogP contribution in [0.15, 0.2) is 60.7 Å². The van der Waals surface area contributed by atoms with Gasteiger partial charge in [-0.15, -0.1) is 0 Å². The van der Waals surface area contributed by atoms with Gasteiger partial charge in [0.2, 0.25) is 0 Å². The van der Waals surface area contributed by atoms with Gasteiger partial charge in [-0.05, 0) is 54.0 Å². The summed E-state index contributed by atoms with van der Waals surface area (Å²) in [7, 11) is 0. The minimum Gasteiger partial charge on any atom is -0.454 e. The maximum Gasteiger partial charge on any atom is 0.338 e. The Labute approximate surface area is 152 Å².